The molecule has 0 aliphatic heterocycles. The third-order valence-electron chi connectivity index (χ3n) is 3.69. The minimum absolute atomic E-state index is 0.237. The molecular formula is C17H23N3O2S3. The predicted octanol–water partition coefficient (Wildman–Crippen LogP) is 4.39. The monoisotopic (exact) mass is 397 g/mol. The van der Waals surface area contributed by atoms with E-state index in [0.29, 0.717) is 8.96 Å². The Hall–Kier alpha value is -1.51. The van der Waals surface area contributed by atoms with Crippen molar-refractivity contribution in [3.63, 3.8) is 0 Å². The molecule has 0 atom stereocenters. The molecule has 0 radical (unpaired) electrons. The van der Waals surface area contributed by atoms with Gasteiger partial charge in [0.15, 0.2) is 3.95 Å². The Kier molecular flexibility index (Phi) is 6.53. The van der Waals surface area contributed by atoms with Crippen LogP contribution < -0.4 is 9.62 Å². The van der Waals surface area contributed by atoms with Crippen molar-refractivity contribution in [2.24, 2.45) is 0 Å². The van der Waals surface area contributed by atoms with E-state index in [0.717, 1.165) is 36.2 Å². The van der Waals surface area contributed by atoms with Crippen LogP contribution in [-0.2, 0) is 16.4 Å². The van der Waals surface area contributed by atoms with E-state index in [9.17, 15) is 8.42 Å². The van der Waals surface area contributed by atoms with E-state index in [1.807, 2.05) is 25.9 Å². The smallest absolute Gasteiger partial charge is 0.262 e. The van der Waals surface area contributed by atoms with Crippen LogP contribution in [0.15, 0.2) is 29.2 Å². The summed E-state index contributed by atoms with van der Waals surface area (Å²) in [5.74, 6) is 0.721. The quantitative estimate of drug-likeness (QED) is 0.702. The van der Waals surface area contributed by atoms with Crippen LogP contribution in [0.5, 0.6) is 0 Å². The SMILES string of the molecule is CCCCc1c(N(C)C)nc(=S)sc1NS(=O)(=O)c1ccc(C)cc1. The molecule has 1 aromatic carbocycles. The van der Waals surface area contributed by atoms with Gasteiger partial charge in [-0.3, -0.25) is 4.72 Å². The van der Waals surface area contributed by atoms with Gasteiger partial charge >= 0.3 is 0 Å². The molecule has 5 nitrogen and oxygen atoms in total. The van der Waals surface area contributed by atoms with Crippen molar-refractivity contribution < 1.29 is 8.42 Å². The van der Waals surface area contributed by atoms with Crippen molar-refractivity contribution in [2.45, 2.75) is 38.0 Å². The molecule has 0 saturated heterocycles. The normalized spacial score (nSPS) is 11.4. The van der Waals surface area contributed by atoms with Gasteiger partial charge in [0.25, 0.3) is 10.0 Å². The van der Waals surface area contributed by atoms with E-state index < -0.39 is 10.0 Å². The zero-order chi connectivity index (χ0) is 18.6. The molecule has 2 rings (SSSR count). The molecule has 25 heavy (non-hydrogen) atoms. The maximum absolute atomic E-state index is 12.8. The summed E-state index contributed by atoms with van der Waals surface area (Å²) in [6.45, 7) is 4.02. The van der Waals surface area contributed by atoms with Crippen LogP contribution >= 0.6 is 23.6 Å². The Bertz CT molecular complexity index is 888. The number of nitrogens with one attached hydrogen (secondary N) is 1. The van der Waals surface area contributed by atoms with Gasteiger partial charge in [0.1, 0.15) is 10.8 Å². The van der Waals surface area contributed by atoms with Crippen molar-refractivity contribution in [3.05, 3.63) is 39.3 Å². The van der Waals surface area contributed by atoms with Crippen molar-refractivity contribution in [1.82, 2.24) is 4.98 Å². The van der Waals surface area contributed by atoms with Crippen molar-refractivity contribution in [3.8, 4) is 0 Å². The predicted molar refractivity (Wildman–Crippen MR) is 108 cm³/mol. The number of anilines is 2. The molecule has 8 heteroatoms. The van der Waals surface area contributed by atoms with Crippen molar-refractivity contribution in [2.75, 3.05) is 23.7 Å². The Labute approximate surface area is 158 Å². The van der Waals surface area contributed by atoms with E-state index in [1.54, 1.807) is 24.3 Å². The zero-order valence-corrected chi connectivity index (χ0v) is 17.3. The van der Waals surface area contributed by atoms with Crippen LogP contribution in [0.25, 0.3) is 0 Å². The lowest BCUT2D eigenvalue weighted by Crippen LogP contribution is -2.18. The van der Waals surface area contributed by atoms with Gasteiger partial charge in [0, 0.05) is 19.7 Å². The number of aryl methyl sites for hydroxylation is 1. The molecule has 0 saturated carbocycles. The standard InChI is InChI=1S/C17H23N3O2S3/c1-5-6-7-14-15(20(3)4)18-17(23)24-16(14)19-25(21,22)13-10-8-12(2)9-11-13/h8-11,19H,5-7H2,1-4H3. The fourth-order valence-corrected chi connectivity index (χ4v) is 4.79. The second kappa shape index (κ2) is 8.25. The largest absolute Gasteiger partial charge is 0.362 e. The number of hydrogen-bond acceptors (Lipinski definition) is 6. The van der Waals surface area contributed by atoms with Crippen LogP contribution in [0.4, 0.5) is 10.8 Å². The molecule has 0 amide bonds. The van der Waals surface area contributed by atoms with E-state index in [1.165, 1.54) is 11.3 Å². The lowest BCUT2D eigenvalue weighted by atomic mass is 10.1. The fourth-order valence-electron chi connectivity index (χ4n) is 2.36. The molecular weight excluding hydrogens is 374 g/mol. The average molecular weight is 398 g/mol. The highest BCUT2D eigenvalue weighted by Crippen LogP contribution is 2.32. The summed E-state index contributed by atoms with van der Waals surface area (Å²) in [6, 6.07) is 6.78. The summed E-state index contributed by atoms with van der Waals surface area (Å²) in [5.41, 5.74) is 1.90. The summed E-state index contributed by atoms with van der Waals surface area (Å²) in [5, 5.41) is 0.553. The van der Waals surface area contributed by atoms with Gasteiger partial charge in [-0.15, -0.1) is 0 Å². The molecule has 136 valence electrons. The summed E-state index contributed by atoms with van der Waals surface area (Å²) < 4.78 is 28.7. The molecule has 0 spiro atoms. The molecule has 0 bridgehead atoms. The van der Waals surface area contributed by atoms with Crippen LogP contribution in [0.1, 0.15) is 30.9 Å². The van der Waals surface area contributed by atoms with Crippen molar-refractivity contribution in [1.29, 1.82) is 0 Å². The maximum atomic E-state index is 12.8. The highest BCUT2D eigenvalue weighted by molar-refractivity contribution is 7.93. The Balaban J connectivity index is 2.50. The van der Waals surface area contributed by atoms with E-state index >= 15 is 0 Å². The number of unbranched alkanes of at least 4 members (excludes halogenated alkanes) is 1. The number of sulfonamides is 1. The summed E-state index contributed by atoms with van der Waals surface area (Å²) >= 11 is 6.44. The molecule has 1 heterocycles. The summed E-state index contributed by atoms with van der Waals surface area (Å²) in [7, 11) is 0.0998. The lowest BCUT2D eigenvalue weighted by molar-refractivity contribution is 0.601. The van der Waals surface area contributed by atoms with Crippen molar-refractivity contribution >= 4 is 44.4 Å². The maximum Gasteiger partial charge on any atom is 0.262 e. The van der Waals surface area contributed by atoms with Crippen LogP contribution in [0, 0.1) is 10.9 Å². The molecule has 0 aliphatic carbocycles. The minimum Gasteiger partial charge on any atom is -0.362 e. The average Bonchev–Trinajstić information content (AvgIpc) is 2.53. The number of hydrogen-bond donors (Lipinski definition) is 1. The number of aromatic nitrogens is 1. The first-order valence-corrected chi connectivity index (χ1v) is 10.8. The molecule has 0 fully saturated rings. The summed E-state index contributed by atoms with van der Waals surface area (Å²) in [4.78, 5) is 6.53. The number of benzene rings is 1. The van der Waals surface area contributed by atoms with Gasteiger partial charge < -0.3 is 4.90 Å². The Morgan fingerprint density at radius 3 is 2.44 bits per heavy atom. The highest BCUT2D eigenvalue weighted by Gasteiger charge is 2.20. The number of rotatable bonds is 7. The molecule has 1 aromatic heterocycles. The molecule has 0 aliphatic rings. The molecule has 1 N–H and O–H groups in total. The Morgan fingerprint density at radius 1 is 1.24 bits per heavy atom. The van der Waals surface area contributed by atoms with Crippen LogP contribution in [-0.4, -0.2) is 27.5 Å². The Morgan fingerprint density at radius 2 is 1.88 bits per heavy atom. The van der Waals surface area contributed by atoms with E-state index in [4.69, 9.17) is 12.2 Å². The van der Waals surface area contributed by atoms with Gasteiger partial charge in [0.05, 0.1) is 4.90 Å². The van der Waals surface area contributed by atoms with Crippen LogP contribution in [0.3, 0.4) is 0 Å². The minimum atomic E-state index is -3.67. The topological polar surface area (TPSA) is 62.3 Å². The molecule has 0 unspecified atom stereocenters. The first-order chi connectivity index (χ1) is 11.7. The number of nitrogens with zero attached hydrogens (tertiary/aromatic N) is 2. The van der Waals surface area contributed by atoms with Crippen LogP contribution in [0.2, 0.25) is 0 Å². The fraction of sp³-hybridized carbons (Fsp3) is 0.412. The second-order valence-electron chi connectivity index (χ2n) is 6.03. The lowest BCUT2D eigenvalue weighted by Gasteiger charge is -2.19. The summed E-state index contributed by atoms with van der Waals surface area (Å²) in [6.07, 6.45) is 2.71. The first kappa shape index (κ1) is 19.8. The third-order valence-corrected chi connectivity index (χ3v) is 6.35. The highest BCUT2D eigenvalue weighted by atomic mass is 32.2. The van der Waals surface area contributed by atoms with Gasteiger partial charge in [-0.05, 0) is 44.1 Å². The molecule has 2 aromatic rings. The van der Waals surface area contributed by atoms with E-state index in [2.05, 4.69) is 16.6 Å². The first-order valence-electron chi connectivity index (χ1n) is 8.05. The third kappa shape index (κ3) is 4.99. The second-order valence-corrected chi connectivity index (χ2v) is 9.35. The van der Waals surface area contributed by atoms with Gasteiger partial charge in [-0.1, -0.05) is 42.4 Å². The van der Waals surface area contributed by atoms with E-state index in [-0.39, 0.29) is 4.90 Å². The van der Waals surface area contributed by atoms with Gasteiger partial charge in [-0.25, -0.2) is 13.4 Å². The van der Waals surface area contributed by atoms with Gasteiger partial charge in [0.2, 0.25) is 0 Å². The zero-order valence-electron chi connectivity index (χ0n) is 14.9. The van der Waals surface area contributed by atoms with Gasteiger partial charge in [-0.2, -0.15) is 0 Å².